The van der Waals surface area contributed by atoms with E-state index in [1.807, 2.05) is 6.92 Å². The molecule has 1 fully saturated rings. The second-order valence-electron chi connectivity index (χ2n) is 4.37. The number of carboxylic acid groups (broad SMARTS) is 1. The molecule has 1 aliphatic carbocycles. The van der Waals surface area contributed by atoms with Crippen LogP contribution in [0.4, 0.5) is 0 Å². The van der Waals surface area contributed by atoms with Gasteiger partial charge in [0.25, 0.3) is 0 Å². The number of carbonyl (C=O) groups is 1. The molecule has 14 heavy (non-hydrogen) atoms. The van der Waals surface area contributed by atoms with Gasteiger partial charge in [0.1, 0.15) is 0 Å². The Kier molecular flexibility index (Phi) is 4.71. The fourth-order valence-electron chi connectivity index (χ4n) is 2.19. The van der Waals surface area contributed by atoms with Crippen molar-refractivity contribution in [1.29, 1.82) is 0 Å². The van der Waals surface area contributed by atoms with Crippen LogP contribution in [0.1, 0.15) is 51.9 Å². The summed E-state index contributed by atoms with van der Waals surface area (Å²) in [6.07, 6.45) is 10.3. The lowest BCUT2D eigenvalue weighted by atomic mass is 9.85. The summed E-state index contributed by atoms with van der Waals surface area (Å²) in [7, 11) is 0. The van der Waals surface area contributed by atoms with Gasteiger partial charge in [-0.05, 0) is 25.7 Å². The maximum atomic E-state index is 10.4. The van der Waals surface area contributed by atoms with Crippen LogP contribution in [0.15, 0.2) is 11.6 Å². The van der Waals surface area contributed by atoms with Gasteiger partial charge >= 0.3 is 5.97 Å². The van der Waals surface area contributed by atoms with Gasteiger partial charge in [0.15, 0.2) is 0 Å². The lowest BCUT2D eigenvalue weighted by molar-refractivity contribution is -0.131. The second kappa shape index (κ2) is 5.84. The van der Waals surface area contributed by atoms with Crippen molar-refractivity contribution in [3.05, 3.63) is 11.6 Å². The topological polar surface area (TPSA) is 37.3 Å². The smallest absolute Gasteiger partial charge is 0.328 e. The molecule has 0 heterocycles. The number of carboxylic acids is 1. The van der Waals surface area contributed by atoms with E-state index in [0.717, 1.165) is 17.9 Å². The maximum absolute atomic E-state index is 10.4. The van der Waals surface area contributed by atoms with Crippen LogP contribution >= 0.6 is 0 Å². The van der Waals surface area contributed by atoms with Crippen molar-refractivity contribution in [3.63, 3.8) is 0 Å². The monoisotopic (exact) mass is 196 g/mol. The molecule has 0 bridgehead atoms. The first-order valence-electron chi connectivity index (χ1n) is 5.58. The Morgan fingerprint density at radius 1 is 1.36 bits per heavy atom. The summed E-state index contributed by atoms with van der Waals surface area (Å²) < 4.78 is 0. The van der Waals surface area contributed by atoms with Gasteiger partial charge in [0.2, 0.25) is 0 Å². The molecule has 0 aliphatic heterocycles. The molecule has 1 saturated carbocycles. The Bertz CT molecular complexity index is 212. The number of aliphatic carboxylic acids is 1. The number of rotatable bonds is 4. The summed E-state index contributed by atoms with van der Waals surface area (Å²) in [6, 6.07) is 0. The zero-order valence-corrected chi connectivity index (χ0v) is 8.96. The lowest BCUT2D eigenvalue weighted by Gasteiger charge is -2.21. The molecule has 0 aromatic heterocycles. The Labute approximate surface area is 86.0 Å². The largest absolute Gasteiger partial charge is 0.478 e. The fraction of sp³-hybridized carbons (Fsp3) is 0.750. The predicted octanol–water partition coefficient (Wildman–Crippen LogP) is 3.38. The molecule has 1 aliphatic rings. The molecule has 0 unspecified atom stereocenters. The molecular weight excluding hydrogens is 176 g/mol. The molecule has 0 aromatic rings. The standard InChI is InChI=1S/C12H20O2/c1-10(9-12(13)14)7-8-11-5-3-2-4-6-11/h9,11H,2-8H2,1H3,(H,13,14)/b10-9+. The number of allylic oxidation sites excluding steroid dienone is 1. The average molecular weight is 196 g/mol. The van der Waals surface area contributed by atoms with Crippen LogP contribution < -0.4 is 0 Å². The highest BCUT2D eigenvalue weighted by molar-refractivity contribution is 5.80. The molecule has 2 heteroatoms. The summed E-state index contributed by atoms with van der Waals surface area (Å²) in [6.45, 7) is 1.91. The van der Waals surface area contributed by atoms with Gasteiger partial charge < -0.3 is 5.11 Å². The Morgan fingerprint density at radius 3 is 2.57 bits per heavy atom. The van der Waals surface area contributed by atoms with Crippen LogP contribution in [0.5, 0.6) is 0 Å². The summed E-state index contributed by atoms with van der Waals surface area (Å²) in [5, 5.41) is 8.54. The summed E-state index contributed by atoms with van der Waals surface area (Å²) in [5.74, 6) is 0.0343. The van der Waals surface area contributed by atoms with Crippen molar-refractivity contribution in [2.45, 2.75) is 51.9 Å². The van der Waals surface area contributed by atoms with Crippen molar-refractivity contribution in [3.8, 4) is 0 Å². The SMILES string of the molecule is C/C(=C\C(=O)O)CCC1CCCCC1. The van der Waals surface area contributed by atoms with Crippen LogP contribution in [0.25, 0.3) is 0 Å². The average Bonchev–Trinajstić information content (AvgIpc) is 2.15. The van der Waals surface area contributed by atoms with Gasteiger partial charge in [0, 0.05) is 6.08 Å². The molecule has 80 valence electrons. The second-order valence-corrected chi connectivity index (χ2v) is 4.37. The highest BCUT2D eigenvalue weighted by Gasteiger charge is 2.12. The molecule has 0 aromatic carbocycles. The molecule has 0 atom stereocenters. The van der Waals surface area contributed by atoms with Crippen LogP contribution in [0.3, 0.4) is 0 Å². The van der Waals surface area contributed by atoms with Crippen molar-refractivity contribution < 1.29 is 9.90 Å². The molecule has 0 saturated heterocycles. The minimum atomic E-state index is -0.814. The zero-order valence-electron chi connectivity index (χ0n) is 8.96. The van der Waals surface area contributed by atoms with E-state index in [1.54, 1.807) is 0 Å². The van der Waals surface area contributed by atoms with Gasteiger partial charge in [-0.2, -0.15) is 0 Å². The van der Waals surface area contributed by atoms with E-state index < -0.39 is 5.97 Å². The minimum absolute atomic E-state index is 0.814. The zero-order chi connectivity index (χ0) is 10.4. The quantitative estimate of drug-likeness (QED) is 0.700. The van der Waals surface area contributed by atoms with Crippen molar-refractivity contribution in [1.82, 2.24) is 0 Å². The first kappa shape index (κ1) is 11.3. The summed E-state index contributed by atoms with van der Waals surface area (Å²) >= 11 is 0. The molecule has 1 rings (SSSR count). The first-order valence-corrected chi connectivity index (χ1v) is 5.58. The van der Waals surface area contributed by atoms with Crippen LogP contribution in [0.2, 0.25) is 0 Å². The lowest BCUT2D eigenvalue weighted by Crippen LogP contribution is -2.06. The van der Waals surface area contributed by atoms with E-state index in [0.29, 0.717) is 0 Å². The Morgan fingerprint density at radius 2 is 2.00 bits per heavy atom. The predicted molar refractivity (Wildman–Crippen MR) is 57.2 cm³/mol. The molecule has 2 nitrogen and oxygen atoms in total. The summed E-state index contributed by atoms with van der Waals surface area (Å²) in [4.78, 5) is 10.4. The third kappa shape index (κ3) is 4.45. The van der Waals surface area contributed by atoms with E-state index in [9.17, 15) is 4.79 Å². The normalized spacial score (nSPS) is 19.6. The van der Waals surface area contributed by atoms with E-state index in [1.165, 1.54) is 44.6 Å². The minimum Gasteiger partial charge on any atom is -0.478 e. The third-order valence-corrected chi connectivity index (χ3v) is 3.04. The Balaban J connectivity index is 2.21. The van der Waals surface area contributed by atoms with E-state index in [4.69, 9.17) is 5.11 Å². The number of hydrogen-bond acceptors (Lipinski definition) is 1. The van der Waals surface area contributed by atoms with Gasteiger partial charge in [-0.15, -0.1) is 0 Å². The maximum Gasteiger partial charge on any atom is 0.328 e. The first-order chi connectivity index (χ1) is 6.68. The van der Waals surface area contributed by atoms with Gasteiger partial charge in [-0.25, -0.2) is 4.79 Å². The molecule has 0 amide bonds. The van der Waals surface area contributed by atoms with E-state index in [-0.39, 0.29) is 0 Å². The van der Waals surface area contributed by atoms with Gasteiger partial charge in [-0.3, -0.25) is 0 Å². The van der Waals surface area contributed by atoms with Crippen LogP contribution in [0, 0.1) is 5.92 Å². The van der Waals surface area contributed by atoms with Crippen LogP contribution in [-0.2, 0) is 4.79 Å². The molecule has 0 radical (unpaired) electrons. The molecule has 0 spiro atoms. The van der Waals surface area contributed by atoms with E-state index in [2.05, 4.69) is 0 Å². The van der Waals surface area contributed by atoms with Crippen molar-refractivity contribution >= 4 is 5.97 Å². The number of hydrogen-bond donors (Lipinski definition) is 1. The highest BCUT2D eigenvalue weighted by Crippen LogP contribution is 2.28. The molecule has 1 N–H and O–H groups in total. The van der Waals surface area contributed by atoms with Gasteiger partial charge in [-0.1, -0.05) is 37.7 Å². The summed E-state index contributed by atoms with van der Waals surface area (Å²) in [5.41, 5.74) is 1.00. The van der Waals surface area contributed by atoms with Crippen molar-refractivity contribution in [2.75, 3.05) is 0 Å². The molecular formula is C12H20O2. The highest BCUT2D eigenvalue weighted by atomic mass is 16.4. The van der Waals surface area contributed by atoms with Crippen molar-refractivity contribution in [2.24, 2.45) is 5.92 Å². The van der Waals surface area contributed by atoms with E-state index >= 15 is 0 Å². The van der Waals surface area contributed by atoms with Crippen LogP contribution in [-0.4, -0.2) is 11.1 Å². The fourth-order valence-corrected chi connectivity index (χ4v) is 2.19. The Hall–Kier alpha value is -0.790. The third-order valence-electron chi connectivity index (χ3n) is 3.04. The van der Waals surface area contributed by atoms with Gasteiger partial charge in [0.05, 0.1) is 0 Å².